The molecule has 0 aliphatic carbocycles. The molecular weight excluding hydrogens is 335 g/mol. The maximum Gasteiger partial charge on any atom is 0.256 e. The molecule has 4 nitrogen and oxygen atoms in total. The Hall–Kier alpha value is -1.28. The highest BCUT2D eigenvalue weighted by molar-refractivity contribution is 6.43. The van der Waals surface area contributed by atoms with Gasteiger partial charge in [0.15, 0.2) is 0 Å². The highest BCUT2D eigenvalue weighted by atomic mass is 35.5. The van der Waals surface area contributed by atoms with Crippen LogP contribution in [0.25, 0.3) is 0 Å². The summed E-state index contributed by atoms with van der Waals surface area (Å²) in [5.74, 6) is -0.253. The molecule has 0 radical (unpaired) electrons. The number of rotatable bonds is 1. The van der Waals surface area contributed by atoms with Crippen LogP contribution in [0.4, 0.5) is 0 Å². The molecule has 0 N–H and O–H groups in total. The van der Waals surface area contributed by atoms with E-state index in [1.165, 1.54) is 0 Å². The molecular formula is C17H18Cl2N2O2. The first kappa shape index (κ1) is 16.6. The molecule has 0 bridgehead atoms. The van der Waals surface area contributed by atoms with Crippen LogP contribution in [0, 0.1) is 11.3 Å². The van der Waals surface area contributed by atoms with Crippen LogP contribution in [-0.2, 0) is 4.74 Å². The van der Waals surface area contributed by atoms with Gasteiger partial charge in [-0.3, -0.25) is 4.79 Å². The van der Waals surface area contributed by atoms with Gasteiger partial charge in [0.25, 0.3) is 5.91 Å². The molecule has 2 fully saturated rings. The quantitative estimate of drug-likeness (QED) is 0.765. The van der Waals surface area contributed by atoms with Gasteiger partial charge in [-0.05, 0) is 44.2 Å². The maximum atomic E-state index is 12.9. The summed E-state index contributed by atoms with van der Waals surface area (Å²) in [6, 6.07) is 6.70. The number of carbonyl (C=O) groups excluding carboxylic acids is 1. The van der Waals surface area contributed by atoms with Crippen LogP contribution in [0.5, 0.6) is 0 Å². The molecule has 2 aliphatic rings. The summed E-state index contributed by atoms with van der Waals surface area (Å²) in [4.78, 5) is 14.5. The molecule has 0 unspecified atom stereocenters. The summed E-state index contributed by atoms with van der Waals surface area (Å²) in [7, 11) is 0. The average molecular weight is 353 g/mol. The van der Waals surface area contributed by atoms with E-state index in [1.54, 1.807) is 23.1 Å². The monoisotopic (exact) mass is 352 g/mol. The molecule has 2 atom stereocenters. The van der Waals surface area contributed by atoms with E-state index in [0.29, 0.717) is 23.7 Å². The van der Waals surface area contributed by atoms with Gasteiger partial charge >= 0.3 is 0 Å². The van der Waals surface area contributed by atoms with E-state index < -0.39 is 11.6 Å². The van der Waals surface area contributed by atoms with Gasteiger partial charge in [0.05, 0.1) is 21.7 Å². The molecule has 1 spiro atoms. The van der Waals surface area contributed by atoms with Crippen LogP contribution in [0.3, 0.4) is 0 Å². The molecule has 0 saturated carbocycles. The number of carbonyl (C=O) groups is 1. The number of piperidine rings is 1. The fraction of sp³-hybridized carbons (Fsp3) is 0.529. The smallest absolute Gasteiger partial charge is 0.256 e. The second-order valence-corrected chi connectivity index (χ2v) is 6.89. The molecule has 6 heteroatoms. The second kappa shape index (κ2) is 6.68. The van der Waals surface area contributed by atoms with Gasteiger partial charge in [0.1, 0.15) is 11.6 Å². The molecule has 122 valence electrons. The summed E-state index contributed by atoms with van der Waals surface area (Å²) in [6.45, 7) is 1.18. The largest absolute Gasteiger partial charge is 0.372 e. The summed E-state index contributed by atoms with van der Waals surface area (Å²) in [5, 5.41) is 10.3. The molecule has 23 heavy (non-hydrogen) atoms. The normalized spacial score (nSPS) is 27.7. The van der Waals surface area contributed by atoms with E-state index in [9.17, 15) is 10.1 Å². The Balaban J connectivity index is 1.93. The first-order valence-electron chi connectivity index (χ1n) is 7.88. The van der Waals surface area contributed by atoms with Crippen molar-refractivity contribution in [3.8, 4) is 6.07 Å². The lowest BCUT2D eigenvalue weighted by atomic mass is 9.79. The summed E-state index contributed by atoms with van der Waals surface area (Å²) < 4.78 is 6.00. The summed E-state index contributed by atoms with van der Waals surface area (Å²) in [6.07, 6.45) is 4.49. The van der Waals surface area contributed by atoms with Crippen LogP contribution >= 0.6 is 23.2 Å². The number of amides is 1. The zero-order valence-electron chi connectivity index (χ0n) is 12.7. The minimum Gasteiger partial charge on any atom is -0.372 e. The average Bonchev–Trinajstić information content (AvgIpc) is 2.57. The standard InChI is InChI=1S/C17H18Cl2N2O2/c18-13-6-3-5-12(15(13)19)16(22)21-9-4-8-17(14(21)11-20)7-1-2-10-23-17/h3,5-6,14H,1-2,4,7-10H2/t14-,17+/m0/s1. The van der Waals surface area contributed by atoms with Crippen molar-refractivity contribution in [3.05, 3.63) is 33.8 Å². The Morgan fingerprint density at radius 3 is 2.78 bits per heavy atom. The maximum absolute atomic E-state index is 12.9. The second-order valence-electron chi connectivity index (χ2n) is 6.11. The number of hydrogen-bond acceptors (Lipinski definition) is 3. The van der Waals surface area contributed by atoms with Crippen LogP contribution in [0.15, 0.2) is 18.2 Å². The third-order valence-corrected chi connectivity index (χ3v) is 5.58. The molecule has 0 aromatic heterocycles. The number of nitriles is 1. The fourth-order valence-electron chi connectivity index (χ4n) is 3.61. The van der Waals surface area contributed by atoms with E-state index in [4.69, 9.17) is 27.9 Å². The summed E-state index contributed by atoms with van der Waals surface area (Å²) >= 11 is 12.2. The van der Waals surface area contributed by atoms with Crippen LogP contribution in [0.1, 0.15) is 42.5 Å². The summed E-state index contributed by atoms with van der Waals surface area (Å²) in [5.41, 5.74) is -0.196. The van der Waals surface area contributed by atoms with Crippen molar-refractivity contribution >= 4 is 29.1 Å². The highest BCUT2D eigenvalue weighted by Crippen LogP contribution is 2.39. The third-order valence-electron chi connectivity index (χ3n) is 4.76. The van der Waals surface area contributed by atoms with Gasteiger partial charge in [0, 0.05) is 13.2 Å². The number of benzene rings is 1. The first-order chi connectivity index (χ1) is 11.1. The Labute approximate surface area is 145 Å². The molecule has 3 rings (SSSR count). The predicted molar refractivity (Wildman–Crippen MR) is 88.7 cm³/mol. The van der Waals surface area contributed by atoms with Gasteiger partial charge in [-0.15, -0.1) is 0 Å². The number of halogens is 2. The van der Waals surface area contributed by atoms with Crippen molar-refractivity contribution in [3.63, 3.8) is 0 Å². The lowest BCUT2D eigenvalue weighted by Gasteiger charge is -2.48. The minimum atomic E-state index is -0.584. The SMILES string of the molecule is N#C[C@@H]1N(C(=O)c2cccc(Cl)c2Cl)CCC[C@]12CCCCO2. The van der Waals surface area contributed by atoms with Crippen molar-refractivity contribution in [2.24, 2.45) is 0 Å². The van der Waals surface area contributed by atoms with Crippen molar-refractivity contribution in [2.75, 3.05) is 13.2 Å². The van der Waals surface area contributed by atoms with E-state index in [1.807, 2.05) is 0 Å². The van der Waals surface area contributed by atoms with Crippen LogP contribution in [0.2, 0.25) is 10.0 Å². The molecule has 2 heterocycles. The third kappa shape index (κ3) is 2.94. The number of nitrogens with zero attached hydrogens (tertiary/aromatic N) is 2. The fourth-order valence-corrected chi connectivity index (χ4v) is 4.00. The Kier molecular flexibility index (Phi) is 4.82. The van der Waals surface area contributed by atoms with Crippen LogP contribution in [-0.4, -0.2) is 35.6 Å². The van der Waals surface area contributed by atoms with Gasteiger partial charge < -0.3 is 9.64 Å². The highest BCUT2D eigenvalue weighted by Gasteiger charge is 2.48. The lowest BCUT2D eigenvalue weighted by molar-refractivity contribution is -0.128. The van der Waals surface area contributed by atoms with E-state index in [0.717, 1.165) is 32.1 Å². The van der Waals surface area contributed by atoms with Gasteiger partial charge in [0.2, 0.25) is 0 Å². The van der Waals surface area contributed by atoms with Crippen molar-refractivity contribution in [1.29, 1.82) is 5.26 Å². The van der Waals surface area contributed by atoms with E-state index >= 15 is 0 Å². The van der Waals surface area contributed by atoms with E-state index in [-0.39, 0.29) is 10.9 Å². The zero-order valence-corrected chi connectivity index (χ0v) is 14.2. The van der Waals surface area contributed by atoms with Gasteiger partial charge in [-0.25, -0.2) is 0 Å². The molecule has 1 aromatic rings. The number of likely N-dealkylation sites (tertiary alicyclic amines) is 1. The van der Waals surface area contributed by atoms with E-state index in [2.05, 4.69) is 6.07 Å². The minimum absolute atomic E-state index is 0.236. The predicted octanol–water partition coefficient (Wildman–Crippen LogP) is 4.06. The van der Waals surface area contributed by atoms with Gasteiger partial charge in [-0.2, -0.15) is 5.26 Å². The van der Waals surface area contributed by atoms with Gasteiger partial charge in [-0.1, -0.05) is 29.3 Å². The lowest BCUT2D eigenvalue weighted by Crippen LogP contribution is -2.60. The number of ether oxygens (including phenoxy) is 1. The molecule has 1 amide bonds. The van der Waals surface area contributed by atoms with Crippen molar-refractivity contribution in [1.82, 2.24) is 4.90 Å². The zero-order chi connectivity index (χ0) is 16.4. The Morgan fingerprint density at radius 1 is 1.30 bits per heavy atom. The molecule has 1 aromatic carbocycles. The molecule has 2 saturated heterocycles. The first-order valence-corrected chi connectivity index (χ1v) is 8.63. The molecule has 2 aliphatic heterocycles. The van der Waals surface area contributed by atoms with Crippen LogP contribution < -0.4 is 0 Å². The Morgan fingerprint density at radius 2 is 2.09 bits per heavy atom. The number of hydrogen-bond donors (Lipinski definition) is 0. The van der Waals surface area contributed by atoms with Crippen molar-refractivity contribution < 1.29 is 9.53 Å². The topological polar surface area (TPSA) is 53.3 Å². The Bertz CT molecular complexity index is 645. The van der Waals surface area contributed by atoms with Crippen molar-refractivity contribution in [2.45, 2.75) is 43.7 Å².